The van der Waals surface area contributed by atoms with Gasteiger partial charge in [-0.15, -0.1) is 11.3 Å². The zero-order valence-corrected chi connectivity index (χ0v) is 14.7. The van der Waals surface area contributed by atoms with Crippen molar-refractivity contribution in [3.05, 3.63) is 28.7 Å². The third-order valence-corrected chi connectivity index (χ3v) is 4.38. The van der Waals surface area contributed by atoms with E-state index in [4.69, 9.17) is 9.40 Å². The summed E-state index contributed by atoms with van der Waals surface area (Å²) in [7, 11) is 0. The lowest BCUT2D eigenvalue weighted by Crippen LogP contribution is -2.35. The summed E-state index contributed by atoms with van der Waals surface area (Å²) in [6, 6.07) is 2.01. The molecule has 0 radical (unpaired) electrons. The molecular weight excluding hydrogens is 280 g/mol. The predicted octanol–water partition coefficient (Wildman–Crippen LogP) is 4.80. The van der Waals surface area contributed by atoms with E-state index >= 15 is 0 Å². The molecule has 2 heterocycles. The Kier molecular flexibility index (Phi) is 4.89. The molecule has 0 saturated carbocycles. The fourth-order valence-electron chi connectivity index (χ4n) is 2.14. The summed E-state index contributed by atoms with van der Waals surface area (Å²) in [6.07, 6.45) is 2.76. The van der Waals surface area contributed by atoms with Crippen LogP contribution >= 0.6 is 11.3 Å². The summed E-state index contributed by atoms with van der Waals surface area (Å²) in [5, 5.41) is 4.64. The summed E-state index contributed by atoms with van der Waals surface area (Å²) >= 11 is 1.78. The number of hydrogen-bond acceptors (Lipinski definition) is 4. The molecule has 3 nitrogen and oxygen atoms in total. The summed E-state index contributed by atoms with van der Waals surface area (Å²) in [5.41, 5.74) is 2.46. The lowest BCUT2D eigenvalue weighted by Gasteiger charge is -2.20. The smallest absolute Gasteiger partial charge is 0.127 e. The zero-order valence-electron chi connectivity index (χ0n) is 13.9. The van der Waals surface area contributed by atoms with E-state index in [-0.39, 0.29) is 5.54 Å². The molecule has 0 aliphatic heterocycles. The van der Waals surface area contributed by atoms with Gasteiger partial charge in [-0.2, -0.15) is 0 Å². The number of rotatable bonds is 5. The highest BCUT2D eigenvalue weighted by Crippen LogP contribution is 2.32. The average Bonchev–Trinajstić information content (AvgIpc) is 2.91. The van der Waals surface area contributed by atoms with Gasteiger partial charge in [-0.05, 0) is 46.1 Å². The number of aryl methyl sites for hydroxylation is 1. The van der Waals surface area contributed by atoms with E-state index in [9.17, 15) is 0 Å². The second-order valence-corrected chi connectivity index (χ2v) is 8.06. The van der Waals surface area contributed by atoms with Gasteiger partial charge >= 0.3 is 0 Å². The maximum atomic E-state index is 5.41. The molecule has 2 aromatic heterocycles. The first-order valence-electron chi connectivity index (χ1n) is 7.54. The first-order valence-corrected chi connectivity index (χ1v) is 8.36. The van der Waals surface area contributed by atoms with Gasteiger partial charge in [0, 0.05) is 17.0 Å². The van der Waals surface area contributed by atoms with Crippen LogP contribution in [-0.4, -0.2) is 10.5 Å². The maximum Gasteiger partial charge on any atom is 0.127 e. The van der Waals surface area contributed by atoms with Crippen molar-refractivity contribution < 1.29 is 4.42 Å². The molecule has 0 aliphatic rings. The molecule has 4 heteroatoms. The van der Waals surface area contributed by atoms with Gasteiger partial charge in [-0.1, -0.05) is 13.8 Å². The van der Waals surface area contributed by atoms with Gasteiger partial charge in [0.2, 0.25) is 0 Å². The summed E-state index contributed by atoms with van der Waals surface area (Å²) < 4.78 is 5.41. The highest BCUT2D eigenvalue weighted by Gasteiger charge is 2.18. The van der Waals surface area contributed by atoms with E-state index in [0.29, 0.717) is 5.92 Å². The first kappa shape index (κ1) is 16.2. The Balaban J connectivity index is 2.29. The SMILES string of the molecule is Cc1occc1-c1nc(CC(C)C)c(CNC(C)(C)C)s1. The van der Waals surface area contributed by atoms with Crippen molar-refractivity contribution in [1.29, 1.82) is 0 Å². The van der Waals surface area contributed by atoms with Crippen LogP contribution < -0.4 is 5.32 Å². The number of thiazole rings is 1. The van der Waals surface area contributed by atoms with E-state index < -0.39 is 0 Å². The van der Waals surface area contributed by atoms with Crippen LogP contribution in [0.15, 0.2) is 16.7 Å². The van der Waals surface area contributed by atoms with Crippen LogP contribution in [0.2, 0.25) is 0 Å². The third kappa shape index (κ3) is 4.42. The highest BCUT2D eigenvalue weighted by atomic mass is 32.1. The fourth-order valence-corrected chi connectivity index (χ4v) is 3.24. The van der Waals surface area contributed by atoms with Crippen molar-refractivity contribution in [2.24, 2.45) is 5.92 Å². The Labute approximate surface area is 131 Å². The third-order valence-electron chi connectivity index (χ3n) is 3.25. The molecule has 0 unspecified atom stereocenters. The maximum absolute atomic E-state index is 5.41. The van der Waals surface area contributed by atoms with Crippen LogP contribution in [0.3, 0.4) is 0 Å². The number of hydrogen-bond donors (Lipinski definition) is 1. The molecule has 2 rings (SSSR count). The van der Waals surface area contributed by atoms with Crippen molar-refractivity contribution in [3.8, 4) is 10.6 Å². The minimum atomic E-state index is 0.116. The number of nitrogens with zero attached hydrogens (tertiary/aromatic N) is 1. The van der Waals surface area contributed by atoms with Crippen LogP contribution in [0.4, 0.5) is 0 Å². The molecule has 2 aromatic rings. The average molecular weight is 306 g/mol. The van der Waals surface area contributed by atoms with E-state index in [1.807, 2.05) is 13.0 Å². The Hall–Kier alpha value is -1.13. The van der Waals surface area contributed by atoms with Gasteiger partial charge < -0.3 is 9.73 Å². The van der Waals surface area contributed by atoms with Crippen LogP contribution in [0, 0.1) is 12.8 Å². The topological polar surface area (TPSA) is 38.1 Å². The van der Waals surface area contributed by atoms with Crippen molar-refractivity contribution in [3.63, 3.8) is 0 Å². The van der Waals surface area contributed by atoms with Crippen LogP contribution in [0.5, 0.6) is 0 Å². The highest BCUT2D eigenvalue weighted by molar-refractivity contribution is 7.15. The van der Waals surface area contributed by atoms with E-state index in [2.05, 4.69) is 39.9 Å². The molecule has 0 atom stereocenters. The summed E-state index contributed by atoms with van der Waals surface area (Å²) in [6.45, 7) is 13.9. The largest absolute Gasteiger partial charge is 0.469 e. The Bertz CT molecular complexity index is 590. The van der Waals surface area contributed by atoms with Gasteiger partial charge in [-0.3, -0.25) is 0 Å². The van der Waals surface area contributed by atoms with Gasteiger partial charge in [0.25, 0.3) is 0 Å². The van der Waals surface area contributed by atoms with Crippen molar-refractivity contribution >= 4 is 11.3 Å². The second-order valence-electron chi connectivity index (χ2n) is 6.98. The molecule has 116 valence electrons. The Morgan fingerprint density at radius 3 is 2.57 bits per heavy atom. The molecular formula is C17H26N2OS. The minimum Gasteiger partial charge on any atom is -0.469 e. The summed E-state index contributed by atoms with van der Waals surface area (Å²) in [4.78, 5) is 6.21. The minimum absolute atomic E-state index is 0.116. The predicted molar refractivity (Wildman–Crippen MR) is 89.7 cm³/mol. The second kappa shape index (κ2) is 6.32. The molecule has 0 bridgehead atoms. The molecule has 0 aliphatic carbocycles. The van der Waals surface area contributed by atoms with E-state index in [1.165, 1.54) is 10.6 Å². The van der Waals surface area contributed by atoms with Gasteiger partial charge in [0.1, 0.15) is 10.8 Å². The molecule has 0 fully saturated rings. The quantitative estimate of drug-likeness (QED) is 0.862. The Morgan fingerprint density at radius 2 is 2.05 bits per heavy atom. The number of aromatic nitrogens is 1. The fraction of sp³-hybridized carbons (Fsp3) is 0.588. The van der Waals surface area contributed by atoms with Crippen molar-refractivity contribution in [2.45, 2.75) is 60.0 Å². The van der Waals surface area contributed by atoms with E-state index in [0.717, 1.165) is 29.3 Å². The van der Waals surface area contributed by atoms with Crippen molar-refractivity contribution in [1.82, 2.24) is 10.3 Å². The standard InChI is InChI=1S/C17H26N2OS/c1-11(2)9-14-15(10-18-17(4,5)6)21-16(19-14)13-7-8-20-12(13)3/h7-8,11,18H,9-10H2,1-6H3. The van der Waals surface area contributed by atoms with Crippen LogP contribution in [0.1, 0.15) is 51.0 Å². The molecule has 0 saturated heterocycles. The lowest BCUT2D eigenvalue weighted by molar-refractivity contribution is 0.425. The van der Waals surface area contributed by atoms with Gasteiger partial charge in [-0.25, -0.2) is 4.98 Å². The summed E-state index contributed by atoms with van der Waals surface area (Å²) in [5.74, 6) is 1.55. The van der Waals surface area contributed by atoms with Gasteiger partial charge in [0.15, 0.2) is 0 Å². The van der Waals surface area contributed by atoms with Crippen LogP contribution in [-0.2, 0) is 13.0 Å². The lowest BCUT2D eigenvalue weighted by atomic mass is 10.1. The zero-order chi connectivity index (χ0) is 15.6. The number of nitrogens with one attached hydrogen (secondary N) is 1. The molecule has 1 N–H and O–H groups in total. The van der Waals surface area contributed by atoms with Crippen molar-refractivity contribution in [2.75, 3.05) is 0 Å². The number of furan rings is 1. The van der Waals surface area contributed by atoms with Gasteiger partial charge in [0.05, 0.1) is 17.5 Å². The monoisotopic (exact) mass is 306 g/mol. The first-order chi connectivity index (χ1) is 9.76. The Morgan fingerprint density at radius 1 is 1.33 bits per heavy atom. The molecule has 0 aromatic carbocycles. The molecule has 0 spiro atoms. The normalized spacial score (nSPS) is 12.3. The molecule has 0 amide bonds. The van der Waals surface area contributed by atoms with Crippen LogP contribution in [0.25, 0.3) is 10.6 Å². The van der Waals surface area contributed by atoms with E-state index in [1.54, 1.807) is 17.6 Å². The molecule has 21 heavy (non-hydrogen) atoms.